The first-order valence-electron chi connectivity index (χ1n) is 5.94. The normalized spacial score (nSPS) is 11.0. The molecule has 0 saturated carbocycles. The SMILES string of the molecule is N#CC(=NO)c1ccccc1COc1ccc(F)c(Cl)c1. The van der Waals surface area contributed by atoms with Gasteiger partial charge < -0.3 is 9.94 Å². The number of oxime groups is 1. The van der Waals surface area contributed by atoms with E-state index < -0.39 is 5.82 Å². The number of hydrogen-bond donors (Lipinski definition) is 1. The summed E-state index contributed by atoms with van der Waals surface area (Å²) in [4.78, 5) is 0. The van der Waals surface area contributed by atoms with Crippen molar-refractivity contribution in [3.8, 4) is 11.8 Å². The van der Waals surface area contributed by atoms with Crippen LogP contribution in [-0.4, -0.2) is 10.9 Å². The number of ether oxygens (including phenoxy) is 1. The van der Waals surface area contributed by atoms with Crippen molar-refractivity contribution >= 4 is 17.3 Å². The van der Waals surface area contributed by atoms with E-state index in [1.807, 2.05) is 0 Å². The summed E-state index contributed by atoms with van der Waals surface area (Å²) in [5.41, 5.74) is 1.02. The minimum Gasteiger partial charge on any atom is -0.489 e. The molecule has 2 aromatic carbocycles. The molecular formula is C15H10ClFN2O2. The zero-order valence-electron chi connectivity index (χ0n) is 10.8. The summed E-state index contributed by atoms with van der Waals surface area (Å²) in [5, 5.41) is 20.7. The summed E-state index contributed by atoms with van der Waals surface area (Å²) in [6, 6.07) is 12.7. The number of halogens is 2. The van der Waals surface area contributed by atoms with Gasteiger partial charge in [-0.2, -0.15) is 5.26 Å². The molecule has 0 saturated heterocycles. The lowest BCUT2D eigenvalue weighted by Gasteiger charge is -2.10. The van der Waals surface area contributed by atoms with E-state index in [4.69, 9.17) is 26.8 Å². The van der Waals surface area contributed by atoms with Crippen LogP contribution in [0.2, 0.25) is 5.02 Å². The van der Waals surface area contributed by atoms with E-state index in [1.54, 1.807) is 30.3 Å². The number of benzene rings is 2. The Balaban J connectivity index is 2.21. The summed E-state index contributed by atoms with van der Waals surface area (Å²) in [6.45, 7) is 0.124. The maximum atomic E-state index is 13.1. The van der Waals surface area contributed by atoms with E-state index in [-0.39, 0.29) is 17.3 Å². The fourth-order valence-electron chi connectivity index (χ4n) is 1.74. The topological polar surface area (TPSA) is 65.6 Å². The van der Waals surface area contributed by atoms with Crippen molar-refractivity contribution in [1.82, 2.24) is 0 Å². The van der Waals surface area contributed by atoms with Gasteiger partial charge in [0.2, 0.25) is 0 Å². The fourth-order valence-corrected chi connectivity index (χ4v) is 1.91. The first kappa shape index (κ1) is 14.8. The molecule has 1 N–H and O–H groups in total. The molecule has 0 unspecified atom stereocenters. The van der Waals surface area contributed by atoms with Crippen molar-refractivity contribution in [2.75, 3.05) is 0 Å². The molecule has 0 bridgehead atoms. The van der Waals surface area contributed by atoms with Gasteiger partial charge in [-0.25, -0.2) is 4.39 Å². The maximum absolute atomic E-state index is 13.1. The van der Waals surface area contributed by atoms with Gasteiger partial charge in [0, 0.05) is 11.6 Å². The van der Waals surface area contributed by atoms with E-state index >= 15 is 0 Å². The highest BCUT2D eigenvalue weighted by Crippen LogP contribution is 2.22. The minimum absolute atomic E-state index is 0.0320. The van der Waals surface area contributed by atoms with Crippen LogP contribution in [0.5, 0.6) is 5.75 Å². The first-order valence-corrected chi connectivity index (χ1v) is 6.31. The Bertz CT molecular complexity index is 726. The second kappa shape index (κ2) is 6.73. The average Bonchev–Trinajstić information content (AvgIpc) is 2.51. The van der Waals surface area contributed by atoms with Gasteiger partial charge in [-0.05, 0) is 17.7 Å². The molecule has 0 heterocycles. The predicted octanol–water partition coefficient (Wildman–Crippen LogP) is 3.76. The van der Waals surface area contributed by atoms with Crippen LogP contribution in [0.3, 0.4) is 0 Å². The largest absolute Gasteiger partial charge is 0.489 e. The minimum atomic E-state index is -0.524. The Morgan fingerprint density at radius 2 is 2.10 bits per heavy atom. The molecule has 6 heteroatoms. The molecule has 4 nitrogen and oxygen atoms in total. The van der Waals surface area contributed by atoms with Crippen LogP contribution in [-0.2, 0) is 6.61 Å². The van der Waals surface area contributed by atoms with Crippen molar-refractivity contribution in [3.63, 3.8) is 0 Å². The predicted molar refractivity (Wildman–Crippen MR) is 76.1 cm³/mol. The third kappa shape index (κ3) is 3.50. The van der Waals surface area contributed by atoms with Crippen LogP contribution in [0, 0.1) is 17.1 Å². The Morgan fingerprint density at radius 3 is 2.76 bits per heavy atom. The third-order valence-electron chi connectivity index (χ3n) is 2.76. The van der Waals surface area contributed by atoms with Crippen LogP contribution in [0.4, 0.5) is 4.39 Å². The molecule has 0 aromatic heterocycles. The van der Waals surface area contributed by atoms with Crippen LogP contribution < -0.4 is 4.74 Å². The third-order valence-corrected chi connectivity index (χ3v) is 3.05. The van der Waals surface area contributed by atoms with E-state index in [9.17, 15) is 4.39 Å². The lowest BCUT2D eigenvalue weighted by molar-refractivity contribution is 0.305. The van der Waals surface area contributed by atoms with Crippen molar-refractivity contribution in [3.05, 3.63) is 64.4 Å². The van der Waals surface area contributed by atoms with Crippen molar-refractivity contribution in [1.29, 1.82) is 5.26 Å². The number of rotatable bonds is 4. The van der Waals surface area contributed by atoms with Gasteiger partial charge in [-0.1, -0.05) is 41.0 Å². The average molecular weight is 305 g/mol. The summed E-state index contributed by atoms with van der Waals surface area (Å²) in [5.74, 6) is -0.126. The highest BCUT2D eigenvalue weighted by Gasteiger charge is 2.10. The second-order valence-electron chi connectivity index (χ2n) is 4.08. The lowest BCUT2D eigenvalue weighted by atomic mass is 10.0. The van der Waals surface area contributed by atoms with Crippen molar-refractivity contribution < 1.29 is 14.3 Å². The zero-order chi connectivity index (χ0) is 15.2. The quantitative estimate of drug-likeness (QED) is 0.531. The Kier molecular flexibility index (Phi) is 4.75. The zero-order valence-corrected chi connectivity index (χ0v) is 11.5. The van der Waals surface area contributed by atoms with Gasteiger partial charge in [0.25, 0.3) is 0 Å². The van der Waals surface area contributed by atoms with Gasteiger partial charge in [0.1, 0.15) is 24.2 Å². The molecule has 106 valence electrons. The van der Waals surface area contributed by atoms with E-state index in [0.29, 0.717) is 16.9 Å². The van der Waals surface area contributed by atoms with Crippen molar-refractivity contribution in [2.45, 2.75) is 6.61 Å². The van der Waals surface area contributed by atoms with Gasteiger partial charge >= 0.3 is 0 Å². The number of nitriles is 1. The molecule has 0 aliphatic heterocycles. The summed E-state index contributed by atoms with van der Waals surface area (Å²) >= 11 is 5.67. The summed E-state index contributed by atoms with van der Waals surface area (Å²) in [6.07, 6.45) is 0. The molecule has 0 aliphatic rings. The smallest absolute Gasteiger partial charge is 0.187 e. The molecule has 0 aliphatic carbocycles. The molecule has 21 heavy (non-hydrogen) atoms. The van der Waals surface area contributed by atoms with Crippen LogP contribution in [0.1, 0.15) is 11.1 Å². The fraction of sp³-hybridized carbons (Fsp3) is 0.0667. The Labute approximate surface area is 125 Å². The number of nitrogens with zero attached hydrogens (tertiary/aromatic N) is 2. The molecular weight excluding hydrogens is 295 g/mol. The molecule has 0 atom stereocenters. The van der Waals surface area contributed by atoms with E-state index in [1.165, 1.54) is 18.2 Å². The lowest BCUT2D eigenvalue weighted by Crippen LogP contribution is -2.05. The highest BCUT2D eigenvalue weighted by molar-refractivity contribution is 6.30. The van der Waals surface area contributed by atoms with Crippen molar-refractivity contribution in [2.24, 2.45) is 5.16 Å². The molecule has 2 aromatic rings. The monoisotopic (exact) mass is 304 g/mol. The van der Waals surface area contributed by atoms with Crippen LogP contribution in [0.15, 0.2) is 47.6 Å². The molecule has 2 rings (SSSR count). The van der Waals surface area contributed by atoms with Gasteiger partial charge in [-0.3, -0.25) is 0 Å². The van der Waals surface area contributed by atoms with E-state index in [2.05, 4.69) is 5.16 Å². The van der Waals surface area contributed by atoms with Gasteiger partial charge in [-0.15, -0.1) is 0 Å². The number of hydrogen-bond acceptors (Lipinski definition) is 4. The standard InChI is InChI=1S/C15H10ClFN2O2/c16-13-7-11(5-6-14(13)17)21-9-10-3-1-2-4-12(10)15(8-18)19-20/h1-7,20H,9H2. The van der Waals surface area contributed by atoms with Crippen LogP contribution in [0.25, 0.3) is 0 Å². The second-order valence-corrected chi connectivity index (χ2v) is 4.49. The first-order chi connectivity index (χ1) is 10.2. The molecule has 0 amide bonds. The summed E-state index contributed by atoms with van der Waals surface area (Å²) < 4.78 is 18.6. The molecule has 0 spiro atoms. The van der Waals surface area contributed by atoms with E-state index in [0.717, 1.165) is 0 Å². The molecule has 0 fully saturated rings. The van der Waals surface area contributed by atoms with Gasteiger partial charge in [0.05, 0.1) is 5.02 Å². The van der Waals surface area contributed by atoms with Gasteiger partial charge in [0.15, 0.2) is 5.71 Å². The maximum Gasteiger partial charge on any atom is 0.187 e. The Hall–Kier alpha value is -2.58. The Morgan fingerprint density at radius 1 is 1.33 bits per heavy atom. The van der Waals surface area contributed by atoms with Crippen LogP contribution >= 0.6 is 11.6 Å². The summed E-state index contributed by atoms with van der Waals surface area (Å²) in [7, 11) is 0. The highest BCUT2D eigenvalue weighted by atomic mass is 35.5. The molecule has 0 radical (unpaired) electrons.